The van der Waals surface area contributed by atoms with Crippen LogP contribution in [0.5, 0.6) is 5.75 Å². The molecular formula is C18H15NO4. The first-order chi connectivity index (χ1) is 11.2. The molecule has 1 heterocycles. The van der Waals surface area contributed by atoms with Crippen molar-refractivity contribution in [3.63, 3.8) is 0 Å². The van der Waals surface area contributed by atoms with Gasteiger partial charge in [-0.1, -0.05) is 18.2 Å². The van der Waals surface area contributed by atoms with Gasteiger partial charge < -0.3 is 14.5 Å². The Balaban J connectivity index is 1.77. The molecule has 5 nitrogen and oxygen atoms in total. The van der Waals surface area contributed by atoms with Crippen molar-refractivity contribution in [3.05, 3.63) is 70.6 Å². The van der Waals surface area contributed by atoms with Gasteiger partial charge in [0.1, 0.15) is 11.3 Å². The number of hydrogen-bond donors (Lipinski definition) is 1. The van der Waals surface area contributed by atoms with Crippen molar-refractivity contribution in [2.24, 2.45) is 0 Å². The maximum Gasteiger partial charge on any atom is 0.336 e. The Bertz CT molecular complexity index is 914. The molecule has 0 unspecified atom stereocenters. The van der Waals surface area contributed by atoms with Gasteiger partial charge in [0.25, 0.3) is 0 Å². The van der Waals surface area contributed by atoms with E-state index in [1.165, 1.54) is 6.07 Å². The molecule has 116 valence electrons. The van der Waals surface area contributed by atoms with Gasteiger partial charge in [-0.15, -0.1) is 0 Å². The quantitative estimate of drug-likeness (QED) is 0.752. The van der Waals surface area contributed by atoms with Gasteiger partial charge in [-0.25, -0.2) is 4.79 Å². The summed E-state index contributed by atoms with van der Waals surface area (Å²) in [6, 6.07) is 15.5. The summed E-state index contributed by atoms with van der Waals surface area (Å²) in [7, 11) is 1.58. The van der Waals surface area contributed by atoms with Crippen LogP contribution >= 0.6 is 0 Å². The summed E-state index contributed by atoms with van der Waals surface area (Å²) in [5.41, 5.74) is 1.55. The van der Waals surface area contributed by atoms with E-state index in [1.54, 1.807) is 31.4 Å². The molecule has 0 aliphatic rings. The van der Waals surface area contributed by atoms with Gasteiger partial charge in [0.15, 0.2) is 0 Å². The van der Waals surface area contributed by atoms with Crippen LogP contribution in [0.2, 0.25) is 0 Å². The van der Waals surface area contributed by atoms with E-state index in [9.17, 15) is 9.59 Å². The number of carbonyl (C=O) groups is 1. The molecule has 2 aromatic carbocycles. The maximum absolute atomic E-state index is 12.2. The minimum absolute atomic E-state index is 0.147. The molecule has 0 aliphatic heterocycles. The lowest BCUT2D eigenvalue weighted by Gasteiger charge is -2.09. The predicted molar refractivity (Wildman–Crippen MR) is 87.8 cm³/mol. The number of para-hydroxylation sites is 1. The minimum atomic E-state index is -0.398. The molecule has 23 heavy (non-hydrogen) atoms. The van der Waals surface area contributed by atoms with Crippen LogP contribution in [0.15, 0.2) is 63.8 Å². The lowest BCUT2D eigenvalue weighted by atomic mass is 10.1. The van der Waals surface area contributed by atoms with Crippen LogP contribution < -0.4 is 15.7 Å². The first-order valence-corrected chi connectivity index (χ1v) is 7.11. The Labute approximate surface area is 132 Å². The van der Waals surface area contributed by atoms with Gasteiger partial charge in [-0.2, -0.15) is 0 Å². The zero-order valence-electron chi connectivity index (χ0n) is 12.5. The third-order valence-electron chi connectivity index (χ3n) is 3.45. The Hall–Kier alpha value is -3.08. The van der Waals surface area contributed by atoms with Crippen molar-refractivity contribution < 1.29 is 13.9 Å². The number of amides is 1. The molecule has 0 atom stereocenters. The molecule has 0 radical (unpaired) electrons. The molecule has 3 aromatic rings. The number of anilines is 1. The van der Waals surface area contributed by atoms with Crippen molar-refractivity contribution in [2.45, 2.75) is 6.42 Å². The highest BCUT2D eigenvalue weighted by Gasteiger charge is 2.09. The highest BCUT2D eigenvalue weighted by molar-refractivity contribution is 5.94. The van der Waals surface area contributed by atoms with Crippen molar-refractivity contribution in [1.82, 2.24) is 0 Å². The highest BCUT2D eigenvalue weighted by Crippen LogP contribution is 2.20. The molecule has 0 bridgehead atoms. The number of rotatable bonds is 4. The molecule has 1 N–H and O–H groups in total. The Morgan fingerprint density at radius 1 is 1.13 bits per heavy atom. The molecule has 5 heteroatoms. The summed E-state index contributed by atoms with van der Waals surface area (Å²) in [4.78, 5) is 23.4. The fourth-order valence-corrected chi connectivity index (χ4v) is 2.38. The Morgan fingerprint density at radius 3 is 2.78 bits per heavy atom. The lowest BCUT2D eigenvalue weighted by molar-refractivity contribution is -0.115. The summed E-state index contributed by atoms with van der Waals surface area (Å²) in [6.07, 6.45) is 0.214. The van der Waals surface area contributed by atoms with Crippen LogP contribution in [-0.2, 0) is 11.2 Å². The summed E-state index contributed by atoms with van der Waals surface area (Å²) >= 11 is 0. The largest absolute Gasteiger partial charge is 0.496 e. The van der Waals surface area contributed by atoms with E-state index in [0.29, 0.717) is 17.0 Å². The van der Waals surface area contributed by atoms with E-state index in [2.05, 4.69) is 5.32 Å². The van der Waals surface area contributed by atoms with E-state index in [4.69, 9.17) is 9.15 Å². The van der Waals surface area contributed by atoms with E-state index >= 15 is 0 Å². The van der Waals surface area contributed by atoms with Gasteiger partial charge in [0.05, 0.1) is 13.5 Å². The molecule has 1 aromatic heterocycles. The van der Waals surface area contributed by atoms with Crippen LogP contribution in [0.25, 0.3) is 11.0 Å². The van der Waals surface area contributed by atoms with Crippen molar-refractivity contribution in [3.8, 4) is 5.75 Å². The Morgan fingerprint density at radius 2 is 1.96 bits per heavy atom. The molecule has 0 aliphatic carbocycles. The molecule has 1 amide bonds. The average Bonchev–Trinajstić information content (AvgIpc) is 2.55. The van der Waals surface area contributed by atoms with Gasteiger partial charge >= 0.3 is 5.63 Å². The first kappa shape index (κ1) is 14.8. The Kier molecular flexibility index (Phi) is 4.10. The fraction of sp³-hybridized carbons (Fsp3) is 0.111. The number of nitrogens with one attached hydrogen (secondary N) is 1. The van der Waals surface area contributed by atoms with Crippen LogP contribution in [0.3, 0.4) is 0 Å². The molecule has 3 rings (SSSR count). The summed E-state index contributed by atoms with van der Waals surface area (Å²) < 4.78 is 10.3. The smallest absolute Gasteiger partial charge is 0.336 e. The summed E-state index contributed by atoms with van der Waals surface area (Å²) in [5, 5.41) is 3.58. The number of carbonyl (C=O) groups excluding carboxylic acids is 1. The fourth-order valence-electron chi connectivity index (χ4n) is 2.38. The molecule has 0 fully saturated rings. The third kappa shape index (κ3) is 3.40. The van der Waals surface area contributed by atoms with Gasteiger partial charge in [-0.3, -0.25) is 4.79 Å². The SMILES string of the molecule is COc1ccccc1CC(=O)Nc1ccc2oc(=O)ccc2c1. The molecule has 0 saturated heterocycles. The van der Waals surface area contributed by atoms with Crippen molar-refractivity contribution in [2.75, 3.05) is 12.4 Å². The number of benzene rings is 2. The lowest BCUT2D eigenvalue weighted by Crippen LogP contribution is -2.14. The van der Waals surface area contributed by atoms with Gasteiger partial charge in [-0.05, 0) is 30.3 Å². The van der Waals surface area contributed by atoms with E-state index in [1.807, 2.05) is 24.3 Å². The van der Waals surface area contributed by atoms with Crippen LogP contribution in [0, 0.1) is 0 Å². The van der Waals surface area contributed by atoms with Crippen molar-refractivity contribution >= 4 is 22.6 Å². The van der Waals surface area contributed by atoms with Gasteiger partial charge in [0, 0.05) is 22.7 Å². The second-order valence-electron chi connectivity index (χ2n) is 5.04. The second kappa shape index (κ2) is 6.36. The van der Waals surface area contributed by atoms with Gasteiger partial charge in [0.2, 0.25) is 5.91 Å². The monoisotopic (exact) mass is 309 g/mol. The standard InChI is InChI=1S/C18H15NO4/c1-22-15-5-3-2-4-12(15)11-17(20)19-14-7-8-16-13(10-14)6-9-18(21)23-16/h2-10H,11H2,1H3,(H,19,20). The topological polar surface area (TPSA) is 68.5 Å². The highest BCUT2D eigenvalue weighted by atomic mass is 16.5. The maximum atomic E-state index is 12.2. The average molecular weight is 309 g/mol. The number of hydrogen-bond acceptors (Lipinski definition) is 4. The van der Waals surface area contributed by atoms with Crippen molar-refractivity contribution in [1.29, 1.82) is 0 Å². The van der Waals surface area contributed by atoms with E-state index in [-0.39, 0.29) is 12.3 Å². The number of methoxy groups -OCH3 is 1. The van der Waals surface area contributed by atoms with E-state index in [0.717, 1.165) is 10.9 Å². The van der Waals surface area contributed by atoms with Crippen LogP contribution in [0.4, 0.5) is 5.69 Å². The third-order valence-corrected chi connectivity index (χ3v) is 3.45. The number of ether oxygens (including phenoxy) is 1. The summed E-state index contributed by atoms with van der Waals surface area (Å²) in [6.45, 7) is 0. The van der Waals surface area contributed by atoms with Crippen LogP contribution in [-0.4, -0.2) is 13.0 Å². The molecular weight excluding hydrogens is 294 g/mol. The zero-order valence-corrected chi connectivity index (χ0v) is 12.5. The van der Waals surface area contributed by atoms with E-state index < -0.39 is 5.63 Å². The second-order valence-corrected chi connectivity index (χ2v) is 5.04. The predicted octanol–water partition coefficient (Wildman–Crippen LogP) is 2.98. The normalized spacial score (nSPS) is 10.5. The summed E-state index contributed by atoms with van der Waals surface area (Å²) in [5.74, 6) is 0.536. The molecule has 0 spiro atoms. The van der Waals surface area contributed by atoms with Crippen LogP contribution in [0.1, 0.15) is 5.56 Å². The number of fused-ring (bicyclic) bond motifs is 1. The zero-order chi connectivity index (χ0) is 16.2. The first-order valence-electron chi connectivity index (χ1n) is 7.11. The minimum Gasteiger partial charge on any atom is -0.496 e. The molecule has 0 saturated carbocycles.